The lowest BCUT2D eigenvalue weighted by molar-refractivity contribution is 0.144. The first-order chi connectivity index (χ1) is 14.2. The fourth-order valence-electron chi connectivity index (χ4n) is 3.47. The summed E-state index contributed by atoms with van der Waals surface area (Å²) < 4.78 is 16.0. The van der Waals surface area contributed by atoms with Gasteiger partial charge in [-0.25, -0.2) is 4.98 Å². The van der Waals surface area contributed by atoms with E-state index in [1.165, 1.54) is 0 Å². The van der Waals surface area contributed by atoms with Gasteiger partial charge in [-0.1, -0.05) is 23.4 Å². The lowest BCUT2D eigenvalue weighted by atomic mass is 10.1. The van der Waals surface area contributed by atoms with Crippen molar-refractivity contribution >= 4 is 0 Å². The van der Waals surface area contributed by atoms with Crippen LogP contribution in [-0.4, -0.2) is 52.0 Å². The van der Waals surface area contributed by atoms with Crippen molar-refractivity contribution in [2.45, 2.75) is 25.4 Å². The number of phenolic OH excluding ortho intramolecular Hbond substituents is 1. The molecule has 1 aliphatic rings. The zero-order valence-electron chi connectivity index (χ0n) is 16.3. The monoisotopic (exact) mass is 396 g/mol. The summed E-state index contributed by atoms with van der Waals surface area (Å²) in [7, 11) is 1.63. The number of nitrogens with zero attached hydrogens (tertiary/aromatic N) is 4. The summed E-state index contributed by atoms with van der Waals surface area (Å²) in [6.45, 7) is 2.52. The second-order valence-corrected chi connectivity index (χ2v) is 6.94. The van der Waals surface area contributed by atoms with Crippen molar-refractivity contribution in [3.63, 3.8) is 0 Å². The van der Waals surface area contributed by atoms with Crippen molar-refractivity contribution < 1.29 is 19.1 Å². The Labute approximate surface area is 169 Å². The highest BCUT2D eigenvalue weighted by molar-refractivity contribution is 5.53. The summed E-state index contributed by atoms with van der Waals surface area (Å²) in [5.74, 6) is 1.93. The van der Waals surface area contributed by atoms with Crippen molar-refractivity contribution in [1.29, 1.82) is 0 Å². The summed E-state index contributed by atoms with van der Waals surface area (Å²) in [4.78, 5) is 11.1. The number of aromatic hydroxyl groups is 1. The largest absolute Gasteiger partial charge is 0.508 e. The average molecular weight is 396 g/mol. The smallest absolute Gasteiger partial charge is 0.244 e. The molecule has 0 amide bonds. The van der Waals surface area contributed by atoms with Gasteiger partial charge in [-0.2, -0.15) is 4.98 Å². The van der Waals surface area contributed by atoms with Crippen LogP contribution in [0.4, 0.5) is 0 Å². The number of hydrogen-bond donors (Lipinski definition) is 1. The van der Waals surface area contributed by atoms with Crippen LogP contribution in [-0.2, 0) is 11.3 Å². The Morgan fingerprint density at radius 1 is 1.21 bits per heavy atom. The molecule has 1 fully saturated rings. The first kappa shape index (κ1) is 19.4. The van der Waals surface area contributed by atoms with Crippen molar-refractivity contribution in [1.82, 2.24) is 20.0 Å². The van der Waals surface area contributed by atoms with E-state index in [0.29, 0.717) is 43.1 Å². The number of hydrogen-bond acceptors (Lipinski definition) is 8. The minimum Gasteiger partial charge on any atom is -0.508 e. The molecule has 4 rings (SSSR count). The Balaban J connectivity index is 1.44. The van der Waals surface area contributed by atoms with E-state index in [4.69, 9.17) is 14.0 Å². The van der Waals surface area contributed by atoms with Crippen LogP contribution < -0.4 is 4.74 Å². The molecule has 1 aliphatic heterocycles. The molecule has 0 aliphatic carbocycles. The van der Waals surface area contributed by atoms with Gasteiger partial charge >= 0.3 is 0 Å². The Morgan fingerprint density at radius 2 is 2.10 bits per heavy atom. The van der Waals surface area contributed by atoms with E-state index in [1.807, 2.05) is 24.3 Å². The van der Waals surface area contributed by atoms with E-state index in [9.17, 15) is 5.11 Å². The van der Waals surface area contributed by atoms with Crippen LogP contribution in [0.3, 0.4) is 0 Å². The molecule has 0 spiro atoms. The van der Waals surface area contributed by atoms with Gasteiger partial charge in [-0.15, -0.1) is 0 Å². The van der Waals surface area contributed by atoms with Gasteiger partial charge in [0.2, 0.25) is 17.6 Å². The molecule has 0 radical (unpaired) electrons. The fraction of sp³-hybridized carbons (Fsp3) is 0.381. The average Bonchev–Trinajstić information content (AvgIpc) is 3.40. The Morgan fingerprint density at radius 3 is 2.90 bits per heavy atom. The number of likely N-dealkylation sites (tertiary alicyclic amines) is 1. The minimum atomic E-state index is 0.0421. The predicted octanol–water partition coefficient (Wildman–Crippen LogP) is 3.20. The van der Waals surface area contributed by atoms with Gasteiger partial charge < -0.3 is 19.1 Å². The molecule has 8 nitrogen and oxygen atoms in total. The Kier molecular flexibility index (Phi) is 6.02. The molecule has 1 N–H and O–H groups in total. The number of phenols is 1. The standard InChI is InChI=1S/C21H24N4O4/c1-27-11-12-28-19-9-8-15(13-22-19)20-23-21(29-24-20)17-6-4-10-25(17)14-16-5-2-3-7-18(16)26/h2-3,5,7-9,13,17,26H,4,6,10-12,14H2,1H3. The van der Waals surface area contributed by atoms with Crippen LogP contribution in [0.2, 0.25) is 0 Å². The van der Waals surface area contributed by atoms with Gasteiger partial charge in [0, 0.05) is 37.0 Å². The third-order valence-corrected chi connectivity index (χ3v) is 4.99. The number of benzene rings is 1. The molecule has 152 valence electrons. The SMILES string of the molecule is COCCOc1ccc(-c2noc(C3CCCN3Cc3ccccc3O)n2)cn1. The Bertz CT molecular complexity index is 928. The molecule has 0 bridgehead atoms. The van der Waals surface area contributed by atoms with Gasteiger partial charge in [0.05, 0.1) is 12.6 Å². The number of ether oxygens (including phenoxy) is 2. The second kappa shape index (κ2) is 9.02. The lowest BCUT2D eigenvalue weighted by Crippen LogP contribution is -2.23. The molecule has 2 aromatic heterocycles. The van der Waals surface area contributed by atoms with Crippen LogP contribution >= 0.6 is 0 Å². The zero-order chi connectivity index (χ0) is 20.1. The highest BCUT2D eigenvalue weighted by Crippen LogP contribution is 2.34. The van der Waals surface area contributed by atoms with Crippen molar-refractivity contribution in [3.05, 3.63) is 54.0 Å². The molecular formula is C21H24N4O4. The fourth-order valence-corrected chi connectivity index (χ4v) is 3.47. The van der Waals surface area contributed by atoms with E-state index in [2.05, 4.69) is 20.0 Å². The number of pyridine rings is 1. The normalized spacial score (nSPS) is 16.9. The molecule has 0 saturated carbocycles. The van der Waals surface area contributed by atoms with Gasteiger partial charge in [0.1, 0.15) is 12.4 Å². The third-order valence-electron chi connectivity index (χ3n) is 4.99. The predicted molar refractivity (Wildman–Crippen MR) is 105 cm³/mol. The summed E-state index contributed by atoms with van der Waals surface area (Å²) >= 11 is 0. The van der Waals surface area contributed by atoms with Gasteiger partial charge in [-0.3, -0.25) is 4.90 Å². The minimum absolute atomic E-state index is 0.0421. The molecule has 1 aromatic carbocycles. The van der Waals surface area contributed by atoms with E-state index in [1.54, 1.807) is 25.4 Å². The van der Waals surface area contributed by atoms with Crippen LogP contribution in [0.5, 0.6) is 11.6 Å². The van der Waals surface area contributed by atoms with Gasteiger partial charge in [-0.05, 0) is 31.5 Å². The van der Waals surface area contributed by atoms with Gasteiger partial charge in [0.25, 0.3) is 0 Å². The maximum Gasteiger partial charge on any atom is 0.244 e. The number of aromatic nitrogens is 3. The molecule has 3 aromatic rings. The van der Waals surface area contributed by atoms with Crippen LogP contribution in [0.15, 0.2) is 47.1 Å². The van der Waals surface area contributed by atoms with Crippen LogP contribution in [0.25, 0.3) is 11.4 Å². The van der Waals surface area contributed by atoms with Crippen molar-refractivity contribution in [2.75, 3.05) is 26.9 Å². The first-order valence-electron chi connectivity index (χ1n) is 9.67. The van der Waals surface area contributed by atoms with Gasteiger partial charge in [0.15, 0.2) is 0 Å². The quantitative estimate of drug-likeness (QED) is 0.580. The molecule has 29 heavy (non-hydrogen) atoms. The summed E-state index contributed by atoms with van der Waals surface area (Å²) in [6, 6.07) is 11.1. The van der Waals surface area contributed by atoms with E-state index in [-0.39, 0.29) is 6.04 Å². The van der Waals surface area contributed by atoms with E-state index in [0.717, 1.165) is 30.5 Å². The number of para-hydroxylation sites is 1. The highest BCUT2D eigenvalue weighted by atomic mass is 16.5. The summed E-state index contributed by atoms with van der Waals surface area (Å²) in [6.07, 6.45) is 3.66. The van der Waals surface area contributed by atoms with Crippen LogP contribution in [0, 0.1) is 0 Å². The second-order valence-electron chi connectivity index (χ2n) is 6.94. The highest BCUT2D eigenvalue weighted by Gasteiger charge is 2.31. The summed E-state index contributed by atoms with van der Waals surface area (Å²) in [5.41, 5.74) is 1.66. The topological polar surface area (TPSA) is 93.7 Å². The zero-order valence-corrected chi connectivity index (χ0v) is 16.3. The number of rotatable bonds is 8. The van der Waals surface area contributed by atoms with E-state index < -0.39 is 0 Å². The van der Waals surface area contributed by atoms with E-state index >= 15 is 0 Å². The molecule has 1 saturated heterocycles. The lowest BCUT2D eigenvalue weighted by Gasteiger charge is -2.21. The molecule has 1 unspecified atom stereocenters. The maximum absolute atomic E-state index is 10.1. The molecule has 8 heteroatoms. The molecule has 1 atom stereocenters. The number of methoxy groups -OCH3 is 1. The summed E-state index contributed by atoms with van der Waals surface area (Å²) in [5, 5.41) is 14.2. The Hall–Kier alpha value is -2.97. The maximum atomic E-state index is 10.1. The first-order valence-corrected chi connectivity index (χ1v) is 9.67. The third kappa shape index (κ3) is 4.55. The molecule has 3 heterocycles. The van der Waals surface area contributed by atoms with Crippen molar-refractivity contribution in [3.8, 4) is 23.0 Å². The van der Waals surface area contributed by atoms with Crippen LogP contribution in [0.1, 0.15) is 30.3 Å². The van der Waals surface area contributed by atoms with Crippen molar-refractivity contribution in [2.24, 2.45) is 0 Å². The molecular weight excluding hydrogens is 372 g/mol.